The molecule has 0 radical (unpaired) electrons. The third-order valence-corrected chi connectivity index (χ3v) is 3.95. The van der Waals surface area contributed by atoms with Crippen molar-refractivity contribution in [2.45, 2.75) is 26.4 Å². The van der Waals surface area contributed by atoms with Crippen molar-refractivity contribution in [2.24, 2.45) is 0 Å². The summed E-state index contributed by atoms with van der Waals surface area (Å²) in [7, 11) is 0. The summed E-state index contributed by atoms with van der Waals surface area (Å²) < 4.78 is 0. The van der Waals surface area contributed by atoms with Crippen molar-refractivity contribution in [1.82, 2.24) is 15.1 Å². The number of likely N-dealkylation sites (N-methyl/N-ethyl adjacent to an activating group) is 1. The van der Waals surface area contributed by atoms with Crippen molar-refractivity contribution in [3.05, 3.63) is 17.1 Å². The van der Waals surface area contributed by atoms with Crippen LogP contribution in [0.2, 0.25) is 0 Å². The van der Waals surface area contributed by atoms with Crippen LogP contribution in [0.25, 0.3) is 10.2 Å². The number of thiophene rings is 1. The Hall–Kier alpha value is -1.73. The van der Waals surface area contributed by atoms with Gasteiger partial charge in [-0.3, -0.25) is 4.79 Å². The van der Waals surface area contributed by atoms with Crippen LogP contribution in [0.15, 0.2) is 12.3 Å². The quantitative estimate of drug-likeness (QED) is 0.891. The Labute approximate surface area is 121 Å². The van der Waals surface area contributed by atoms with Gasteiger partial charge in [0.2, 0.25) is 0 Å². The first kappa shape index (κ1) is 14.7. The third kappa shape index (κ3) is 2.88. The maximum atomic E-state index is 12.5. The van der Waals surface area contributed by atoms with E-state index in [0.717, 1.165) is 5.39 Å². The molecular formula is C13H18N4O2S. The van der Waals surface area contributed by atoms with E-state index in [1.54, 1.807) is 31.0 Å². The summed E-state index contributed by atoms with van der Waals surface area (Å²) >= 11 is 1.23. The molecule has 0 saturated heterocycles. The molecule has 2 aromatic rings. The number of hydrogen-bond acceptors (Lipinski definition) is 6. The smallest absolute Gasteiger partial charge is 0.266 e. The molecule has 0 aliphatic heterocycles. The van der Waals surface area contributed by atoms with E-state index in [0.29, 0.717) is 21.9 Å². The highest BCUT2D eigenvalue weighted by molar-refractivity contribution is 7.21. The number of aromatic nitrogens is 2. The number of fused-ring (bicyclic) bond motifs is 1. The summed E-state index contributed by atoms with van der Waals surface area (Å²) in [6, 6.07) is 1.75. The second-order valence-electron chi connectivity index (χ2n) is 5.23. The number of carbonyl (C=O) groups excluding carboxylic acids is 1. The van der Waals surface area contributed by atoms with E-state index >= 15 is 0 Å². The van der Waals surface area contributed by atoms with Gasteiger partial charge in [-0.2, -0.15) is 5.10 Å². The lowest BCUT2D eigenvalue weighted by atomic mass is 10.1. The largest absolute Gasteiger partial charge is 0.397 e. The molecule has 108 valence electrons. The number of hydrogen-bond donors (Lipinski definition) is 2. The molecule has 2 rings (SSSR count). The maximum Gasteiger partial charge on any atom is 0.266 e. The molecule has 2 aromatic heterocycles. The molecule has 0 aromatic carbocycles. The Morgan fingerprint density at radius 3 is 2.80 bits per heavy atom. The van der Waals surface area contributed by atoms with Crippen LogP contribution < -0.4 is 5.73 Å². The zero-order valence-electron chi connectivity index (χ0n) is 11.8. The number of anilines is 1. The number of carbonyl (C=O) groups is 1. The molecule has 1 amide bonds. The van der Waals surface area contributed by atoms with Gasteiger partial charge in [0.25, 0.3) is 5.91 Å². The zero-order chi connectivity index (χ0) is 14.9. The molecule has 0 fully saturated rings. The molecule has 6 nitrogen and oxygen atoms in total. The standard InChI is InChI=1S/C13H18N4O2S/c1-4-17(7-13(2,3)19)12(18)10-9(14)8-5-6-15-16-11(8)20-10/h5-6,19H,4,7,14H2,1-3H3. The van der Waals surface area contributed by atoms with Gasteiger partial charge in [0, 0.05) is 18.5 Å². The average molecular weight is 294 g/mol. The molecule has 0 aliphatic rings. The van der Waals surface area contributed by atoms with E-state index < -0.39 is 5.60 Å². The molecule has 0 bridgehead atoms. The minimum atomic E-state index is -0.948. The van der Waals surface area contributed by atoms with Gasteiger partial charge in [-0.15, -0.1) is 16.4 Å². The highest BCUT2D eigenvalue weighted by Gasteiger charge is 2.26. The van der Waals surface area contributed by atoms with Crippen molar-refractivity contribution >= 4 is 33.1 Å². The number of nitrogens with two attached hydrogens (primary N) is 1. The van der Waals surface area contributed by atoms with Gasteiger partial charge in [0.05, 0.1) is 17.5 Å². The Balaban J connectivity index is 2.37. The summed E-state index contributed by atoms with van der Waals surface area (Å²) in [5.41, 5.74) is 5.51. The fraction of sp³-hybridized carbons (Fsp3) is 0.462. The van der Waals surface area contributed by atoms with Crippen molar-refractivity contribution in [3.8, 4) is 0 Å². The average Bonchev–Trinajstić information content (AvgIpc) is 2.72. The predicted octanol–water partition coefficient (Wildman–Crippen LogP) is 1.51. The van der Waals surface area contributed by atoms with E-state index in [9.17, 15) is 9.90 Å². The van der Waals surface area contributed by atoms with Gasteiger partial charge in [0.15, 0.2) is 0 Å². The topological polar surface area (TPSA) is 92.3 Å². The second kappa shape index (κ2) is 5.34. The monoisotopic (exact) mass is 294 g/mol. The molecule has 0 unspecified atom stereocenters. The van der Waals surface area contributed by atoms with Crippen LogP contribution in [0.1, 0.15) is 30.4 Å². The Morgan fingerprint density at radius 1 is 1.55 bits per heavy atom. The van der Waals surface area contributed by atoms with Crippen LogP contribution in [-0.4, -0.2) is 44.8 Å². The maximum absolute atomic E-state index is 12.5. The summed E-state index contributed by atoms with van der Waals surface area (Å²) in [5, 5.41) is 18.4. The normalized spacial score (nSPS) is 11.8. The van der Waals surface area contributed by atoms with Gasteiger partial charge in [-0.25, -0.2) is 0 Å². The first-order valence-electron chi connectivity index (χ1n) is 6.35. The van der Waals surface area contributed by atoms with Crippen LogP contribution in [0, 0.1) is 0 Å². The molecule has 7 heteroatoms. The van der Waals surface area contributed by atoms with Gasteiger partial charge in [-0.1, -0.05) is 0 Å². The highest BCUT2D eigenvalue weighted by Crippen LogP contribution is 2.32. The molecule has 0 atom stereocenters. The fourth-order valence-corrected chi connectivity index (χ4v) is 2.98. The zero-order valence-corrected chi connectivity index (χ0v) is 12.6. The van der Waals surface area contributed by atoms with E-state index in [4.69, 9.17) is 5.73 Å². The molecule has 20 heavy (non-hydrogen) atoms. The minimum Gasteiger partial charge on any atom is -0.397 e. The van der Waals surface area contributed by atoms with E-state index in [-0.39, 0.29) is 12.5 Å². The van der Waals surface area contributed by atoms with Crippen LogP contribution >= 0.6 is 11.3 Å². The molecule has 0 aliphatic carbocycles. The van der Waals surface area contributed by atoms with Gasteiger partial charge < -0.3 is 15.7 Å². The summed E-state index contributed by atoms with van der Waals surface area (Å²) in [6.45, 7) is 5.96. The predicted molar refractivity (Wildman–Crippen MR) is 79.7 cm³/mol. The van der Waals surface area contributed by atoms with Crippen LogP contribution in [-0.2, 0) is 0 Å². The van der Waals surface area contributed by atoms with E-state index in [1.807, 2.05) is 6.92 Å². The molecule has 0 saturated carbocycles. The lowest BCUT2D eigenvalue weighted by Gasteiger charge is -2.27. The Kier molecular flexibility index (Phi) is 3.92. The van der Waals surface area contributed by atoms with Crippen LogP contribution in [0.3, 0.4) is 0 Å². The van der Waals surface area contributed by atoms with Gasteiger partial charge in [0.1, 0.15) is 9.71 Å². The van der Waals surface area contributed by atoms with E-state index in [2.05, 4.69) is 10.2 Å². The molecule has 0 spiro atoms. The second-order valence-corrected chi connectivity index (χ2v) is 6.23. The van der Waals surface area contributed by atoms with Crippen molar-refractivity contribution in [2.75, 3.05) is 18.8 Å². The lowest BCUT2D eigenvalue weighted by Crippen LogP contribution is -2.42. The Bertz CT molecular complexity index is 633. The fourth-order valence-electron chi connectivity index (χ4n) is 1.97. The minimum absolute atomic E-state index is 0.185. The number of nitrogen functional groups attached to an aromatic ring is 1. The van der Waals surface area contributed by atoms with Crippen LogP contribution in [0.5, 0.6) is 0 Å². The first-order valence-corrected chi connectivity index (χ1v) is 7.16. The molecule has 2 heterocycles. The summed E-state index contributed by atoms with van der Waals surface area (Å²) in [6.07, 6.45) is 1.55. The Morgan fingerprint density at radius 2 is 2.25 bits per heavy atom. The van der Waals surface area contributed by atoms with Crippen LogP contribution in [0.4, 0.5) is 5.69 Å². The SMILES string of the molecule is CCN(CC(C)(C)O)C(=O)c1sc2nnccc2c1N. The summed E-state index contributed by atoms with van der Waals surface area (Å²) in [4.78, 5) is 15.2. The van der Waals surface area contributed by atoms with Gasteiger partial charge >= 0.3 is 0 Å². The summed E-state index contributed by atoms with van der Waals surface area (Å²) in [5.74, 6) is -0.185. The van der Waals surface area contributed by atoms with Crippen molar-refractivity contribution < 1.29 is 9.90 Å². The van der Waals surface area contributed by atoms with Crippen molar-refractivity contribution in [3.63, 3.8) is 0 Å². The highest BCUT2D eigenvalue weighted by atomic mass is 32.1. The van der Waals surface area contributed by atoms with Crippen molar-refractivity contribution in [1.29, 1.82) is 0 Å². The third-order valence-electron chi connectivity index (χ3n) is 2.86. The number of amides is 1. The molecule has 3 N–H and O–H groups in total. The number of rotatable bonds is 4. The number of nitrogens with zero attached hydrogens (tertiary/aromatic N) is 3. The van der Waals surface area contributed by atoms with Gasteiger partial charge in [-0.05, 0) is 26.8 Å². The number of aliphatic hydroxyl groups is 1. The first-order chi connectivity index (χ1) is 9.33. The molecular weight excluding hydrogens is 276 g/mol. The lowest BCUT2D eigenvalue weighted by molar-refractivity contribution is 0.0318. The van der Waals surface area contributed by atoms with E-state index in [1.165, 1.54) is 11.3 Å².